The number of hydrogen-bond acceptors (Lipinski definition) is 5. The van der Waals surface area contributed by atoms with Gasteiger partial charge in [0.05, 0.1) is 16.0 Å². The maximum atomic E-state index is 11.8. The topological polar surface area (TPSA) is 93.2 Å². The molecule has 1 heterocycles. The van der Waals surface area contributed by atoms with Crippen LogP contribution in [0.4, 0.5) is 5.69 Å². The molecule has 0 aromatic heterocycles. The molecule has 1 unspecified atom stereocenters. The van der Waals surface area contributed by atoms with Crippen molar-refractivity contribution in [2.45, 2.75) is 43.7 Å². The molecule has 4 bridgehead atoms. The molecule has 6 nitrogen and oxygen atoms in total. The maximum Gasteiger partial charge on any atom is 0.274 e. The molecule has 5 fully saturated rings. The van der Waals surface area contributed by atoms with Crippen LogP contribution in [0.15, 0.2) is 18.2 Å². The van der Waals surface area contributed by atoms with Crippen LogP contribution >= 0.6 is 0 Å². The Bertz CT molecular complexity index is 701. The minimum atomic E-state index is -0.534. The molecule has 1 atom stereocenters. The van der Waals surface area contributed by atoms with Gasteiger partial charge >= 0.3 is 0 Å². The number of nitro groups is 1. The van der Waals surface area contributed by atoms with Gasteiger partial charge in [-0.1, -0.05) is 6.07 Å². The number of hydrogen-bond donors (Lipinski definition) is 3. The van der Waals surface area contributed by atoms with Gasteiger partial charge in [0.15, 0.2) is 0 Å². The standard InChI is InChI=1S/C20H28N4O2/c21-20(15-6-12-5-13(8-15)9-16(20)7-12)17-10-14(1-2-19(17)24(25)26)18-11-22-3-4-23-18/h1-2,10,12-13,15-16,18,22-23H,3-9,11,21H2. The van der Waals surface area contributed by atoms with E-state index in [1.807, 2.05) is 6.07 Å². The summed E-state index contributed by atoms with van der Waals surface area (Å²) in [5.74, 6) is 2.37. The van der Waals surface area contributed by atoms with Crippen molar-refractivity contribution in [3.63, 3.8) is 0 Å². The smallest absolute Gasteiger partial charge is 0.274 e. The first-order valence-corrected chi connectivity index (χ1v) is 10.1. The summed E-state index contributed by atoms with van der Waals surface area (Å²) in [6, 6.07) is 5.86. The molecule has 0 amide bonds. The Morgan fingerprint density at radius 3 is 2.35 bits per heavy atom. The fourth-order valence-corrected chi connectivity index (χ4v) is 6.57. The van der Waals surface area contributed by atoms with E-state index in [2.05, 4.69) is 16.7 Å². The van der Waals surface area contributed by atoms with Crippen molar-refractivity contribution in [2.24, 2.45) is 29.4 Å². The quantitative estimate of drug-likeness (QED) is 0.571. The van der Waals surface area contributed by atoms with E-state index in [1.54, 1.807) is 6.07 Å². The zero-order chi connectivity index (χ0) is 17.9. The second-order valence-corrected chi connectivity index (χ2v) is 8.98. The van der Waals surface area contributed by atoms with Gasteiger partial charge in [-0.05, 0) is 67.4 Å². The van der Waals surface area contributed by atoms with Crippen molar-refractivity contribution in [1.29, 1.82) is 0 Å². The van der Waals surface area contributed by atoms with E-state index < -0.39 is 5.54 Å². The van der Waals surface area contributed by atoms with E-state index in [9.17, 15) is 10.1 Å². The highest BCUT2D eigenvalue weighted by atomic mass is 16.6. The van der Waals surface area contributed by atoms with Crippen molar-refractivity contribution in [3.05, 3.63) is 39.4 Å². The molecule has 26 heavy (non-hydrogen) atoms. The van der Waals surface area contributed by atoms with Gasteiger partial charge in [-0.3, -0.25) is 10.1 Å². The molecule has 140 valence electrons. The number of benzene rings is 1. The normalized spacial score (nSPS) is 41.3. The Labute approximate surface area is 154 Å². The highest BCUT2D eigenvalue weighted by molar-refractivity contribution is 5.49. The van der Waals surface area contributed by atoms with Crippen LogP contribution in [0, 0.1) is 33.8 Å². The van der Waals surface area contributed by atoms with E-state index >= 15 is 0 Å². The summed E-state index contributed by atoms with van der Waals surface area (Å²) in [5.41, 5.74) is 8.71. The van der Waals surface area contributed by atoms with Crippen LogP contribution in [0.3, 0.4) is 0 Å². The summed E-state index contributed by atoms with van der Waals surface area (Å²) in [6.45, 7) is 2.73. The predicted octanol–water partition coefficient (Wildman–Crippen LogP) is 2.44. The van der Waals surface area contributed by atoms with Crippen LogP contribution in [0.5, 0.6) is 0 Å². The minimum absolute atomic E-state index is 0.198. The first kappa shape index (κ1) is 16.7. The third kappa shape index (κ3) is 2.42. The summed E-state index contributed by atoms with van der Waals surface area (Å²) >= 11 is 0. The highest BCUT2D eigenvalue weighted by Crippen LogP contribution is 2.61. The third-order valence-corrected chi connectivity index (χ3v) is 7.62. The molecular formula is C20H28N4O2. The van der Waals surface area contributed by atoms with Crippen molar-refractivity contribution < 1.29 is 4.92 Å². The lowest BCUT2D eigenvalue weighted by atomic mass is 9.47. The molecule has 0 radical (unpaired) electrons. The first-order valence-electron chi connectivity index (χ1n) is 10.1. The van der Waals surface area contributed by atoms with Gasteiger partial charge in [0.1, 0.15) is 0 Å². The number of rotatable bonds is 3. The Hall–Kier alpha value is -1.50. The molecule has 5 aliphatic rings. The number of nitro benzene ring substituents is 1. The maximum absolute atomic E-state index is 11.8. The molecule has 1 aromatic carbocycles. The van der Waals surface area contributed by atoms with E-state index in [0.717, 1.165) is 68.3 Å². The van der Waals surface area contributed by atoms with Crippen molar-refractivity contribution >= 4 is 5.69 Å². The van der Waals surface area contributed by atoms with Crippen molar-refractivity contribution in [2.75, 3.05) is 19.6 Å². The first-order chi connectivity index (χ1) is 12.6. The summed E-state index contributed by atoms with van der Waals surface area (Å²) in [6.07, 6.45) is 5.94. The van der Waals surface area contributed by atoms with Crippen molar-refractivity contribution in [1.82, 2.24) is 10.6 Å². The van der Waals surface area contributed by atoms with Gasteiger partial charge in [0, 0.05) is 31.7 Å². The van der Waals surface area contributed by atoms with Crippen LogP contribution in [-0.4, -0.2) is 24.6 Å². The average Bonchev–Trinajstić information content (AvgIpc) is 2.65. The lowest BCUT2D eigenvalue weighted by molar-refractivity contribution is -0.386. The summed E-state index contributed by atoms with van der Waals surface area (Å²) < 4.78 is 0. The number of nitrogens with one attached hydrogen (secondary N) is 2. The predicted molar refractivity (Wildman–Crippen MR) is 99.6 cm³/mol. The highest BCUT2D eigenvalue weighted by Gasteiger charge is 2.57. The number of piperazine rings is 1. The fourth-order valence-electron chi connectivity index (χ4n) is 6.57. The average molecular weight is 356 g/mol. The van der Waals surface area contributed by atoms with Gasteiger partial charge < -0.3 is 16.4 Å². The molecule has 4 aliphatic carbocycles. The second-order valence-electron chi connectivity index (χ2n) is 8.98. The summed E-state index contributed by atoms with van der Waals surface area (Å²) in [4.78, 5) is 11.6. The second kappa shape index (κ2) is 6.01. The molecule has 1 aliphatic heterocycles. The lowest BCUT2D eigenvalue weighted by Gasteiger charge is -2.59. The molecule has 0 spiro atoms. The number of nitrogens with two attached hydrogens (primary N) is 1. The van der Waals surface area contributed by atoms with Crippen molar-refractivity contribution in [3.8, 4) is 0 Å². The minimum Gasteiger partial charge on any atom is -0.321 e. The molecule has 4 saturated carbocycles. The van der Waals surface area contributed by atoms with Crippen LogP contribution < -0.4 is 16.4 Å². The van der Waals surface area contributed by atoms with Crippen LogP contribution in [0.2, 0.25) is 0 Å². The van der Waals surface area contributed by atoms with Gasteiger partial charge in [-0.2, -0.15) is 0 Å². The SMILES string of the molecule is NC1(c2cc(C3CNCCN3)ccc2[N+](=O)[O-])C2CC3CC(C2)CC1C3. The molecule has 1 saturated heterocycles. The zero-order valence-electron chi connectivity index (χ0n) is 15.1. The largest absolute Gasteiger partial charge is 0.321 e. The Kier molecular flexibility index (Phi) is 3.85. The van der Waals surface area contributed by atoms with E-state index in [0.29, 0.717) is 11.8 Å². The van der Waals surface area contributed by atoms with E-state index in [-0.39, 0.29) is 16.7 Å². The summed E-state index contributed by atoms with van der Waals surface area (Å²) in [5, 5.41) is 18.7. The lowest BCUT2D eigenvalue weighted by Crippen LogP contribution is -2.60. The fraction of sp³-hybridized carbons (Fsp3) is 0.700. The van der Waals surface area contributed by atoms with Crippen LogP contribution in [0.25, 0.3) is 0 Å². The molecule has 6 heteroatoms. The Morgan fingerprint density at radius 1 is 1.08 bits per heavy atom. The van der Waals surface area contributed by atoms with Gasteiger partial charge in [0.2, 0.25) is 0 Å². The van der Waals surface area contributed by atoms with Gasteiger partial charge in [-0.15, -0.1) is 0 Å². The summed E-state index contributed by atoms with van der Waals surface area (Å²) in [7, 11) is 0. The molecule has 6 rings (SSSR count). The molecule has 4 N–H and O–H groups in total. The van der Waals surface area contributed by atoms with E-state index in [4.69, 9.17) is 5.73 Å². The van der Waals surface area contributed by atoms with Gasteiger partial charge in [0.25, 0.3) is 5.69 Å². The Morgan fingerprint density at radius 2 is 1.77 bits per heavy atom. The molecular weight excluding hydrogens is 328 g/mol. The van der Waals surface area contributed by atoms with Crippen LogP contribution in [-0.2, 0) is 5.54 Å². The van der Waals surface area contributed by atoms with Gasteiger partial charge in [-0.25, -0.2) is 0 Å². The van der Waals surface area contributed by atoms with Crippen LogP contribution in [0.1, 0.15) is 49.3 Å². The number of nitrogens with zero attached hydrogens (tertiary/aromatic N) is 1. The van der Waals surface area contributed by atoms with E-state index in [1.165, 1.54) is 6.42 Å². The zero-order valence-corrected chi connectivity index (χ0v) is 15.1. The molecule has 1 aromatic rings. The Balaban J connectivity index is 1.59. The monoisotopic (exact) mass is 356 g/mol. The third-order valence-electron chi connectivity index (χ3n) is 7.62.